The van der Waals surface area contributed by atoms with Crippen molar-refractivity contribution in [2.75, 3.05) is 26.6 Å². The van der Waals surface area contributed by atoms with E-state index in [4.69, 9.17) is 25.8 Å². The number of carbonyl (C=O) groups is 1. The van der Waals surface area contributed by atoms with Gasteiger partial charge in [0.1, 0.15) is 17.2 Å². The molecule has 1 amide bonds. The van der Waals surface area contributed by atoms with E-state index in [9.17, 15) is 4.79 Å². The van der Waals surface area contributed by atoms with Gasteiger partial charge in [-0.2, -0.15) is 0 Å². The number of amides is 1. The average Bonchev–Trinajstić information content (AvgIpc) is 2.89. The third kappa shape index (κ3) is 2.78. The summed E-state index contributed by atoms with van der Waals surface area (Å²) in [5.74, 6) is 1.50. The molecule has 5 nitrogen and oxygen atoms in total. The standard InChI is InChI=1S/C18H16ClNO4/c1-22-11-7-16(23-2)14(17(8-11)24-3)9-13-12-5-4-10(19)6-15(12)20-18(13)21/h4-9H,1-3H3,(H,20,21)/b13-9-. The number of benzene rings is 2. The molecule has 1 aliphatic rings. The molecule has 24 heavy (non-hydrogen) atoms. The number of hydrogen-bond donors (Lipinski definition) is 1. The fourth-order valence-corrected chi connectivity index (χ4v) is 2.80. The number of hydrogen-bond acceptors (Lipinski definition) is 4. The molecular formula is C18H16ClNO4. The maximum atomic E-state index is 12.3. The van der Waals surface area contributed by atoms with Crippen LogP contribution >= 0.6 is 11.6 Å². The Bertz CT molecular complexity index is 820. The van der Waals surface area contributed by atoms with Crippen molar-refractivity contribution in [3.8, 4) is 17.2 Å². The molecule has 124 valence electrons. The Morgan fingerprint density at radius 2 is 1.67 bits per heavy atom. The van der Waals surface area contributed by atoms with Gasteiger partial charge in [0.05, 0.1) is 32.6 Å². The molecule has 0 spiro atoms. The Hall–Kier alpha value is -2.66. The first-order chi connectivity index (χ1) is 11.6. The zero-order valence-corrected chi connectivity index (χ0v) is 14.2. The molecule has 2 aromatic carbocycles. The Balaban J connectivity index is 2.17. The number of nitrogens with one attached hydrogen (secondary N) is 1. The lowest BCUT2D eigenvalue weighted by molar-refractivity contribution is -0.110. The van der Waals surface area contributed by atoms with Crippen molar-refractivity contribution in [1.29, 1.82) is 0 Å². The first-order valence-corrected chi connectivity index (χ1v) is 7.58. The third-order valence-electron chi connectivity index (χ3n) is 3.81. The smallest absolute Gasteiger partial charge is 0.256 e. The van der Waals surface area contributed by atoms with Gasteiger partial charge in [-0.3, -0.25) is 4.79 Å². The fraction of sp³-hybridized carbons (Fsp3) is 0.167. The number of ether oxygens (including phenoxy) is 3. The van der Waals surface area contributed by atoms with Crippen LogP contribution in [-0.2, 0) is 4.79 Å². The molecule has 2 aromatic rings. The molecule has 0 saturated heterocycles. The van der Waals surface area contributed by atoms with E-state index in [2.05, 4.69) is 5.32 Å². The van der Waals surface area contributed by atoms with Crippen LogP contribution in [0.5, 0.6) is 17.2 Å². The van der Waals surface area contributed by atoms with Gasteiger partial charge in [0.2, 0.25) is 0 Å². The molecular weight excluding hydrogens is 330 g/mol. The second kappa shape index (κ2) is 6.45. The predicted molar refractivity (Wildman–Crippen MR) is 94.1 cm³/mol. The van der Waals surface area contributed by atoms with Crippen molar-refractivity contribution < 1.29 is 19.0 Å². The van der Waals surface area contributed by atoms with Gasteiger partial charge in [-0.25, -0.2) is 0 Å². The van der Waals surface area contributed by atoms with Gasteiger partial charge < -0.3 is 19.5 Å². The molecule has 0 aliphatic carbocycles. The van der Waals surface area contributed by atoms with Crippen LogP contribution in [0.3, 0.4) is 0 Å². The van der Waals surface area contributed by atoms with Crippen LogP contribution in [0.15, 0.2) is 30.3 Å². The van der Waals surface area contributed by atoms with Crippen LogP contribution in [0.4, 0.5) is 5.69 Å². The van der Waals surface area contributed by atoms with E-state index in [-0.39, 0.29) is 5.91 Å². The van der Waals surface area contributed by atoms with Crippen molar-refractivity contribution >= 4 is 34.8 Å². The molecule has 0 saturated carbocycles. The molecule has 0 radical (unpaired) electrons. The van der Waals surface area contributed by atoms with Crippen LogP contribution in [0.2, 0.25) is 5.02 Å². The summed E-state index contributed by atoms with van der Waals surface area (Å²) in [7, 11) is 4.67. The minimum atomic E-state index is -0.202. The maximum absolute atomic E-state index is 12.3. The highest BCUT2D eigenvalue weighted by Gasteiger charge is 2.25. The van der Waals surface area contributed by atoms with Gasteiger partial charge in [-0.05, 0) is 18.2 Å². The second-order valence-electron chi connectivity index (χ2n) is 5.15. The average molecular weight is 346 g/mol. The molecule has 0 aromatic heterocycles. The predicted octanol–water partition coefficient (Wildman–Crippen LogP) is 3.86. The van der Waals surface area contributed by atoms with E-state index in [0.29, 0.717) is 39.1 Å². The summed E-state index contributed by atoms with van der Waals surface area (Å²) in [6.45, 7) is 0. The Kier molecular flexibility index (Phi) is 4.36. The van der Waals surface area contributed by atoms with Crippen molar-refractivity contribution in [1.82, 2.24) is 0 Å². The highest BCUT2D eigenvalue weighted by molar-refractivity contribution is 6.36. The monoisotopic (exact) mass is 345 g/mol. The summed E-state index contributed by atoms with van der Waals surface area (Å²) in [5.41, 5.74) is 2.65. The van der Waals surface area contributed by atoms with E-state index < -0.39 is 0 Å². The molecule has 1 N–H and O–H groups in total. The molecule has 0 unspecified atom stereocenters. The summed E-state index contributed by atoms with van der Waals surface area (Å²) < 4.78 is 16.1. The number of fused-ring (bicyclic) bond motifs is 1. The van der Waals surface area contributed by atoms with Crippen molar-refractivity contribution in [3.05, 3.63) is 46.5 Å². The highest BCUT2D eigenvalue weighted by Crippen LogP contribution is 2.40. The second-order valence-corrected chi connectivity index (χ2v) is 5.58. The van der Waals surface area contributed by atoms with E-state index in [1.807, 2.05) is 6.07 Å². The van der Waals surface area contributed by atoms with Crippen molar-refractivity contribution in [2.24, 2.45) is 0 Å². The maximum Gasteiger partial charge on any atom is 0.256 e. The largest absolute Gasteiger partial charge is 0.496 e. The molecule has 0 fully saturated rings. The highest BCUT2D eigenvalue weighted by atomic mass is 35.5. The number of rotatable bonds is 4. The summed E-state index contributed by atoms with van der Waals surface area (Å²) in [6.07, 6.45) is 1.74. The third-order valence-corrected chi connectivity index (χ3v) is 4.04. The molecule has 1 aliphatic heterocycles. The van der Waals surface area contributed by atoms with Crippen LogP contribution < -0.4 is 19.5 Å². The lowest BCUT2D eigenvalue weighted by atomic mass is 10.0. The summed E-state index contributed by atoms with van der Waals surface area (Å²) in [6, 6.07) is 8.76. The number of halogens is 1. The molecule has 1 heterocycles. The summed E-state index contributed by atoms with van der Waals surface area (Å²) in [4.78, 5) is 12.3. The van der Waals surface area contributed by atoms with Crippen LogP contribution in [0.1, 0.15) is 11.1 Å². The molecule has 3 rings (SSSR count). The van der Waals surface area contributed by atoms with E-state index in [1.165, 1.54) is 0 Å². The lowest BCUT2D eigenvalue weighted by Gasteiger charge is -2.13. The zero-order valence-electron chi connectivity index (χ0n) is 13.5. The normalized spacial score (nSPS) is 14.3. The first kappa shape index (κ1) is 16.2. The minimum absolute atomic E-state index is 0.202. The Morgan fingerprint density at radius 1 is 1.00 bits per heavy atom. The van der Waals surface area contributed by atoms with Gasteiger partial charge in [-0.1, -0.05) is 17.7 Å². The van der Waals surface area contributed by atoms with Gasteiger partial charge in [0.15, 0.2) is 0 Å². The van der Waals surface area contributed by atoms with E-state index in [1.54, 1.807) is 51.7 Å². The van der Waals surface area contributed by atoms with Crippen LogP contribution in [-0.4, -0.2) is 27.2 Å². The Labute approximate surface area is 144 Å². The summed E-state index contributed by atoms with van der Waals surface area (Å²) in [5, 5.41) is 3.37. The molecule has 6 heteroatoms. The quantitative estimate of drug-likeness (QED) is 0.855. The van der Waals surface area contributed by atoms with Gasteiger partial charge in [-0.15, -0.1) is 0 Å². The van der Waals surface area contributed by atoms with Crippen LogP contribution in [0, 0.1) is 0 Å². The van der Waals surface area contributed by atoms with Gasteiger partial charge in [0.25, 0.3) is 5.91 Å². The number of methoxy groups -OCH3 is 3. The summed E-state index contributed by atoms with van der Waals surface area (Å²) >= 11 is 5.98. The number of carbonyl (C=O) groups excluding carboxylic acids is 1. The minimum Gasteiger partial charge on any atom is -0.496 e. The Morgan fingerprint density at radius 3 is 2.25 bits per heavy atom. The van der Waals surface area contributed by atoms with E-state index >= 15 is 0 Å². The van der Waals surface area contributed by atoms with Gasteiger partial charge in [0, 0.05) is 28.3 Å². The molecule has 0 atom stereocenters. The first-order valence-electron chi connectivity index (χ1n) is 7.20. The topological polar surface area (TPSA) is 56.8 Å². The van der Waals surface area contributed by atoms with Gasteiger partial charge >= 0.3 is 0 Å². The van der Waals surface area contributed by atoms with Crippen molar-refractivity contribution in [2.45, 2.75) is 0 Å². The molecule has 0 bridgehead atoms. The SMILES string of the molecule is COc1cc(OC)c(/C=C2\C(=O)Nc3cc(Cl)ccc32)c(OC)c1. The van der Waals surface area contributed by atoms with Crippen LogP contribution in [0.25, 0.3) is 11.6 Å². The number of anilines is 1. The van der Waals surface area contributed by atoms with E-state index in [0.717, 1.165) is 5.56 Å². The fourth-order valence-electron chi connectivity index (χ4n) is 2.63. The lowest BCUT2D eigenvalue weighted by Crippen LogP contribution is -2.04. The van der Waals surface area contributed by atoms with Crippen molar-refractivity contribution in [3.63, 3.8) is 0 Å². The zero-order chi connectivity index (χ0) is 17.3.